The molecule has 2 heterocycles. The van der Waals surface area contributed by atoms with Gasteiger partial charge in [0.2, 0.25) is 0 Å². The quantitative estimate of drug-likeness (QED) is 0.860. The van der Waals surface area contributed by atoms with Crippen LogP contribution in [0.25, 0.3) is 11.4 Å². The Morgan fingerprint density at radius 3 is 2.00 bits per heavy atom. The summed E-state index contributed by atoms with van der Waals surface area (Å²) in [6.45, 7) is 3.74. The van der Waals surface area contributed by atoms with E-state index in [1.54, 1.807) is 19.3 Å². The first-order valence-corrected chi connectivity index (χ1v) is 6.85. The highest BCUT2D eigenvalue weighted by atomic mass is 16.7. The SMILES string of the molecule is CCCC(C)OC(=O)O.c1ccc(-c2ccccn2)nc1. The topological polar surface area (TPSA) is 72.3 Å². The summed E-state index contributed by atoms with van der Waals surface area (Å²) in [6, 6.07) is 11.6. The van der Waals surface area contributed by atoms with Crippen molar-refractivity contribution in [1.82, 2.24) is 9.97 Å². The van der Waals surface area contributed by atoms with E-state index in [1.165, 1.54) is 0 Å². The van der Waals surface area contributed by atoms with Crippen LogP contribution in [-0.4, -0.2) is 27.3 Å². The van der Waals surface area contributed by atoms with E-state index in [-0.39, 0.29) is 6.10 Å². The summed E-state index contributed by atoms with van der Waals surface area (Å²) < 4.78 is 4.41. The Kier molecular flexibility index (Phi) is 7.50. The van der Waals surface area contributed by atoms with Crippen LogP contribution in [0.2, 0.25) is 0 Å². The highest BCUT2D eigenvalue weighted by molar-refractivity contribution is 5.57. The molecular weight excluding hydrogens is 268 g/mol. The lowest BCUT2D eigenvalue weighted by atomic mass is 10.2. The molecule has 1 unspecified atom stereocenters. The summed E-state index contributed by atoms with van der Waals surface area (Å²) in [5.41, 5.74) is 1.83. The van der Waals surface area contributed by atoms with Crippen molar-refractivity contribution in [3.63, 3.8) is 0 Å². The van der Waals surface area contributed by atoms with E-state index in [9.17, 15) is 4.79 Å². The second kappa shape index (κ2) is 9.47. The smallest absolute Gasteiger partial charge is 0.450 e. The van der Waals surface area contributed by atoms with E-state index >= 15 is 0 Å². The first-order chi connectivity index (χ1) is 10.1. The Morgan fingerprint density at radius 1 is 1.14 bits per heavy atom. The molecule has 0 bridgehead atoms. The molecule has 2 aromatic heterocycles. The van der Waals surface area contributed by atoms with Crippen LogP contribution >= 0.6 is 0 Å². The third-order valence-electron chi connectivity index (χ3n) is 2.59. The second-order valence-corrected chi connectivity index (χ2v) is 4.41. The minimum Gasteiger partial charge on any atom is -0.450 e. The number of hydrogen-bond acceptors (Lipinski definition) is 4. The van der Waals surface area contributed by atoms with Gasteiger partial charge in [-0.2, -0.15) is 0 Å². The normalized spacial score (nSPS) is 11.0. The summed E-state index contributed by atoms with van der Waals surface area (Å²) in [5, 5.41) is 8.09. The number of carboxylic acid groups (broad SMARTS) is 1. The summed E-state index contributed by atoms with van der Waals surface area (Å²) in [6.07, 6.45) is 3.94. The zero-order chi connectivity index (χ0) is 15.5. The highest BCUT2D eigenvalue weighted by Gasteiger charge is 2.04. The van der Waals surface area contributed by atoms with Gasteiger partial charge >= 0.3 is 6.16 Å². The number of rotatable bonds is 4. The molecule has 0 radical (unpaired) electrons. The minimum atomic E-state index is -1.18. The molecule has 0 aliphatic carbocycles. The molecule has 0 aromatic carbocycles. The third-order valence-corrected chi connectivity index (χ3v) is 2.59. The lowest BCUT2D eigenvalue weighted by Crippen LogP contribution is -2.11. The van der Waals surface area contributed by atoms with E-state index in [0.29, 0.717) is 0 Å². The Balaban J connectivity index is 0.000000222. The fourth-order valence-corrected chi connectivity index (χ4v) is 1.67. The van der Waals surface area contributed by atoms with Crippen LogP contribution < -0.4 is 0 Å². The predicted octanol–water partition coefficient (Wildman–Crippen LogP) is 4.01. The van der Waals surface area contributed by atoms with Crippen molar-refractivity contribution in [2.75, 3.05) is 0 Å². The van der Waals surface area contributed by atoms with Crippen LogP contribution in [0.15, 0.2) is 48.8 Å². The molecule has 0 aliphatic rings. The van der Waals surface area contributed by atoms with Gasteiger partial charge in [0.1, 0.15) is 6.10 Å². The van der Waals surface area contributed by atoms with Crippen molar-refractivity contribution in [2.45, 2.75) is 32.8 Å². The minimum absolute atomic E-state index is 0.160. The molecule has 0 aliphatic heterocycles. The lowest BCUT2D eigenvalue weighted by Gasteiger charge is -2.07. The Hall–Kier alpha value is -2.43. The van der Waals surface area contributed by atoms with Crippen molar-refractivity contribution in [3.05, 3.63) is 48.8 Å². The number of nitrogens with zero attached hydrogens (tertiary/aromatic N) is 2. The molecule has 112 valence electrons. The van der Waals surface area contributed by atoms with Gasteiger partial charge in [-0.05, 0) is 37.6 Å². The van der Waals surface area contributed by atoms with E-state index in [0.717, 1.165) is 24.2 Å². The summed E-state index contributed by atoms with van der Waals surface area (Å²) in [4.78, 5) is 18.2. The highest BCUT2D eigenvalue weighted by Crippen LogP contribution is 2.10. The average Bonchev–Trinajstić information content (AvgIpc) is 2.49. The summed E-state index contributed by atoms with van der Waals surface area (Å²) in [7, 11) is 0. The average molecular weight is 288 g/mol. The molecule has 21 heavy (non-hydrogen) atoms. The second-order valence-electron chi connectivity index (χ2n) is 4.41. The Morgan fingerprint density at radius 2 is 1.67 bits per heavy atom. The van der Waals surface area contributed by atoms with Gasteiger partial charge in [0, 0.05) is 12.4 Å². The van der Waals surface area contributed by atoms with Crippen LogP contribution in [0.4, 0.5) is 4.79 Å². The molecule has 1 N–H and O–H groups in total. The van der Waals surface area contributed by atoms with Crippen molar-refractivity contribution >= 4 is 6.16 Å². The number of ether oxygens (including phenoxy) is 1. The van der Waals surface area contributed by atoms with Gasteiger partial charge in [-0.1, -0.05) is 25.5 Å². The molecule has 1 atom stereocenters. The molecule has 2 rings (SSSR count). The first kappa shape index (κ1) is 16.6. The third kappa shape index (κ3) is 7.06. The fraction of sp³-hybridized carbons (Fsp3) is 0.312. The maximum Gasteiger partial charge on any atom is 0.506 e. The fourth-order valence-electron chi connectivity index (χ4n) is 1.67. The molecule has 0 fully saturated rings. The molecular formula is C16H20N2O3. The maximum absolute atomic E-state index is 9.86. The van der Waals surface area contributed by atoms with Crippen LogP contribution in [0.3, 0.4) is 0 Å². The molecule has 0 spiro atoms. The molecule has 0 saturated carbocycles. The standard InChI is InChI=1S/C10H8N2.C6H12O3/c1-3-7-11-9(5-1)10-6-2-4-8-12-10;1-3-4-5(2)9-6(7)8/h1-8H;5H,3-4H2,1-2H3,(H,7,8). The summed E-state index contributed by atoms with van der Waals surface area (Å²) in [5.74, 6) is 0. The zero-order valence-corrected chi connectivity index (χ0v) is 12.3. The number of hydrogen-bond donors (Lipinski definition) is 1. The van der Waals surface area contributed by atoms with Crippen molar-refractivity contribution in [2.24, 2.45) is 0 Å². The van der Waals surface area contributed by atoms with E-state index in [2.05, 4.69) is 14.7 Å². The van der Waals surface area contributed by atoms with Gasteiger partial charge in [0.25, 0.3) is 0 Å². The van der Waals surface area contributed by atoms with Crippen LogP contribution in [0, 0.1) is 0 Å². The molecule has 0 saturated heterocycles. The van der Waals surface area contributed by atoms with Gasteiger partial charge < -0.3 is 9.84 Å². The molecule has 0 amide bonds. The zero-order valence-electron chi connectivity index (χ0n) is 12.3. The van der Waals surface area contributed by atoms with Gasteiger partial charge in [-0.15, -0.1) is 0 Å². The number of pyridine rings is 2. The van der Waals surface area contributed by atoms with Gasteiger partial charge in [-0.3, -0.25) is 9.97 Å². The van der Waals surface area contributed by atoms with Crippen LogP contribution in [0.1, 0.15) is 26.7 Å². The Bertz CT molecular complexity index is 480. The number of carbonyl (C=O) groups is 1. The predicted molar refractivity (Wildman–Crippen MR) is 80.9 cm³/mol. The van der Waals surface area contributed by atoms with E-state index in [4.69, 9.17) is 5.11 Å². The molecule has 2 aromatic rings. The maximum atomic E-state index is 9.86. The van der Waals surface area contributed by atoms with Crippen LogP contribution in [-0.2, 0) is 4.74 Å². The van der Waals surface area contributed by atoms with E-state index < -0.39 is 6.16 Å². The number of aromatic nitrogens is 2. The first-order valence-electron chi connectivity index (χ1n) is 6.85. The van der Waals surface area contributed by atoms with E-state index in [1.807, 2.05) is 43.3 Å². The Labute approximate surface area is 124 Å². The largest absolute Gasteiger partial charge is 0.506 e. The van der Waals surface area contributed by atoms with Crippen molar-refractivity contribution in [1.29, 1.82) is 0 Å². The summed E-state index contributed by atoms with van der Waals surface area (Å²) >= 11 is 0. The molecule has 5 heteroatoms. The van der Waals surface area contributed by atoms with Crippen molar-refractivity contribution < 1.29 is 14.6 Å². The van der Waals surface area contributed by atoms with Gasteiger partial charge in [0.15, 0.2) is 0 Å². The van der Waals surface area contributed by atoms with Gasteiger partial charge in [0.05, 0.1) is 11.4 Å². The molecule has 5 nitrogen and oxygen atoms in total. The lowest BCUT2D eigenvalue weighted by molar-refractivity contribution is 0.0556. The van der Waals surface area contributed by atoms with Gasteiger partial charge in [-0.25, -0.2) is 4.79 Å². The monoisotopic (exact) mass is 288 g/mol. The van der Waals surface area contributed by atoms with Crippen molar-refractivity contribution in [3.8, 4) is 11.4 Å². The van der Waals surface area contributed by atoms with Crippen LogP contribution in [0.5, 0.6) is 0 Å².